The Morgan fingerprint density at radius 3 is 2.54 bits per heavy atom. The summed E-state index contributed by atoms with van der Waals surface area (Å²) in [7, 11) is 0. The average Bonchev–Trinajstić information content (AvgIpc) is 3.48. The zero-order valence-corrected chi connectivity index (χ0v) is 15.3. The monoisotopic (exact) mass is 379 g/mol. The topological polar surface area (TPSA) is 84.7 Å². The highest BCUT2D eigenvalue weighted by atomic mass is 16.5. The molecule has 7 heteroatoms. The molecule has 144 valence electrons. The van der Waals surface area contributed by atoms with Gasteiger partial charge in [0, 0.05) is 6.04 Å². The molecule has 1 fully saturated rings. The van der Waals surface area contributed by atoms with Crippen molar-refractivity contribution >= 4 is 22.9 Å². The van der Waals surface area contributed by atoms with E-state index in [2.05, 4.69) is 4.98 Å². The molecule has 0 unspecified atom stereocenters. The number of hydrogen-bond acceptors (Lipinski definition) is 4. The highest BCUT2D eigenvalue weighted by molar-refractivity contribution is 5.84. The minimum Gasteiger partial charge on any atom is -0.486 e. The van der Waals surface area contributed by atoms with Crippen LogP contribution in [-0.4, -0.2) is 44.0 Å². The molecule has 4 rings (SSSR count). The smallest absolute Gasteiger partial charge is 0.323 e. The second-order valence-electron chi connectivity index (χ2n) is 6.85. The van der Waals surface area contributed by atoms with E-state index in [9.17, 15) is 9.59 Å². The Morgan fingerprint density at radius 2 is 1.82 bits per heavy atom. The largest absolute Gasteiger partial charge is 0.486 e. The van der Waals surface area contributed by atoms with Crippen LogP contribution in [0, 0.1) is 0 Å². The van der Waals surface area contributed by atoms with Crippen LogP contribution in [0.25, 0.3) is 11.0 Å². The van der Waals surface area contributed by atoms with Gasteiger partial charge in [0.15, 0.2) is 0 Å². The molecule has 3 aromatic rings. The molecule has 0 atom stereocenters. The molecule has 1 heterocycles. The molecule has 0 saturated heterocycles. The number of rotatable bonds is 8. The van der Waals surface area contributed by atoms with E-state index in [1.54, 1.807) is 0 Å². The van der Waals surface area contributed by atoms with Gasteiger partial charge in [-0.15, -0.1) is 0 Å². The molecule has 0 spiro atoms. The van der Waals surface area contributed by atoms with Crippen molar-refractivity contribution in [2.45, 2.75) is 32.0 Å². The van der Waals surface area contributed by atoms with Crippen LogP contribution < -0.4 is 4.74 Å². The Balaban J connectivity index is 1.59. The van der Waals surface area contributed by atoms with Crippen LogP contribution in [0.4, 0.5) is 0 Å². The number of carboxylic acid groups (broad SMARTS) is 1. The zero-order valence-electron chi connectivity index (χ0n) is 15.3. The Kier molecular flexibility index (Phi) is 4.97. The number of benzene rings is 2. The van der Waals surface area contributed by atoms with Gasteiger partial charge in [0.05, 0.1) is 11.0 Å². The van der Waals surface area contributed by atoms with Gasteiger partial charge in [-0.1, -0.05) is 30.3 Å². The Bertz CT molecular complexity index is 995. The molecule has 0 radical (unpaired) electrons. The van der Waals surface area contributed by atoms with Gasteiger partial charge in [0.25, 0.3) is 0 Å². The Morgan fingerprint density at radius 1 is 1.11 bits per heavy atom. The molecular weight excluding hydrogens is 358 g/mol. The first-order valence-electron chi connectivity index (χ1n) is 9.25. The lowest BCUT2D eigenvalue weighted by Gasteiger charge is -2.21. The molecule has 28 heavy (non-hydrogen) atoms. The molecule has 7 nitrogen and oxygen atoms in total. The molecule has 1 saturated carbocycles. The second-order valence-corrected chi connectivity index (χ2v) is 6.85. The molecule has 1 aliphatic rings. The lowest BCUT2D eigenvalue weighted by Crippen LogP contribution is -2.39. The maximum Gasteiger partial charge on any atom is 0.323 e. The second kappa shape index (κ2) is 7.72. The number of carboxylic acids is 1. The first-order chi connectivity index (χ1) is 13.6. The van der Waals surface area contributed by atoms with Gasteiger partial charge in [-0.2, -0.15) is 0 Å². The van der Waals surface area contributed by atoms with Crippen molar-refractivity contribution in [3.05, 3.63) is 60.4 Å². The van der Waals surface area contributed by atoms with Crippen LogP contribution in [0.5, 0.6) is 5.75 Å². The van der Waals surface area contributed by atoms with E-state index < -0.39 is 5.97 Å². The van der Waals surface area contributed by atoms with Gasteiger partial charge in [0.2, 0.25) is 5.91 Å². The summed E-state index contributed by atoms with van der Waals surface area (Å²) in [6.45, 7) is -0.0158. The summed E-state index contributed by atoms with van der Waals surface area (Å²) in [5, 5.41) is 9.14. The van der Waals surface area contributed by atoms with Crippen molar-refractivity contribution in [3.63, 3.8) is 0 Å². The van der Waals surface area contributed by atoms with Gasteiger partial charge in [-0.05, 0) is 37.1 Å². The first-order valence-corrected chi connectivity index (χ1v) is 9.25. The van der Waals surface area contributed by atoms with E-state index in [4.69, 9.17) is 9.84 Å². The first kappa shape index (κ1) is 18.0. The van der Waals surface area contributed by atoms with Crippen LogP contribution in [-0.2, 0) is 22.7 Å². The summed E-state index contributed by atoms with van der Waals surface area (Å²) in [6.07, 6.45) is 1.71. The SMILES string of the molecule is O=C(O)CN(C(=O)Cn1c(COc2ccccc2)nc2ccccc21)C1CC1. The van der Waals surface area contributed by atoms with Gasteiger partial charge < -0.3 is 19.3 Å². The predicted octanol–water partition coefficient (Wildman–Crippen LogP) is 2.69. The summed E-state index contributed by atoms with van der Waals surface area (Å²) >= 11 is 0. The van der Waals surface area contributed by atoms with Gasteiger partial charge in [-0.3, -0.25) is 9.59 Å². The number of ether oxygens (including phenoxy) is 1. The van der Waals surface area contributed by atoms with E-state index in [1.807, 2.05) is 59.2 Å². The van der Waals surface area contributed by atoms with Gasteiger partial charge in [-0.25, -0.2) is 4.98 Å². The number of carbonyl (C=O) groups is 2. The maximum absolute atomic E-state index is 12.9. The number of aliphatic carboxylic acids is 1. The van der Waals surface area contributed by atoms with E-state index in [-0.39, 0.29) is 31.6 Å². The number of imidazole rings is 1. The highest BCUT2D eigenvalue weighted by Gasteiger charge is 2.34. The van der Waals surface area contributed by atoms with Crippen molar-refractivity contribution in [1.29, 1.82) is 0 Å². The molecule has 1 aliphatic carbocycles. The third-order valence-electron chi connectivity index (χ3n) is 4.75. The molecule has 1 aromatic heterocycles. The molecular formula is C21H21N3O4. The van der Waals surface area contributed by atoms with Crippen LogP contribution in [0.3, 0.4) is 0 Å². The maximum atomic E-state index is 12.9. The molecule has 1 N–H and O–H groups in total. The third-order valence-corrected chi connectivity index (χ3v) is 4.75. The fourth-order valence-electron chi connectivity index (χ4n) is 3.26. The van der Waals surface area contributed by atoms with Gasteiger partial charge in [0.1, 0.15) is 31.3 Å². The lowest BCUT2D eigenvalue weighted by molar-refractivity contribution is -0.145. The van der Waals surface area contributed by atoms with Gasteiger partial charge >= 0.3 is 5.97 Å². The highest BCUT2D eigenvalue weighted by Crippen LogP contribution is 2.27. The third kappa shape index (κ3) is 3.98. The van der Waals surface area contributed by atoms with Crippen molar-refractivity contribution in [2.75, 3.05) is 6.54 Å². The minimum atomic E-state index is -0.997. The molecule has 0 aliphatic heterocycles. The fourth-order valence-corrected chi connectivity index (χ4v) is 3.26. The zero-order chi connectivity index (χ0) is 19.5. The number of para-hydroxylation sites is 3. The molecule has 2 aromatic carbocycles. The van der Waals surface area contributed by atoms with Crippen LogP contribution >= 0.6 is 0 Å². The quantitative estimate of drug-likeness (QED) is 0.650. The summed E-state index contributed by atoms with van der Waals surface area (Å²) in [5.74, 6) is 0.139. The van der Waals surface area contributed by atoms with Crippen molar-refractivity contribution in [2.24, 2.45) is 0 Å². The summed E-state index contributed by atoms with van der Waals surface area (Å²) in [4.78, 5) is 30.1. The number of aromatic nitrogens is 2. The van der Waals surface area contributed by atoms with E-state index in [0.29, 0.717) is 5.82 Å². The lowest BCUT2D eigenvalue weighted by atomic mass is 10.3. The average molecular weight is 379 g/mol. The van der Waals surface area contributed by atoms with E-state index in [0.717, 1.165) is 29.6 Å². The molecule has 0 bridgehead atoms. The Hall–Kier alpha value is -3.35. The van der Waals surface area contributed by atoms with Crippen LogP contribution in [0.15, 0.2) is 54.6 Å². The summed E-state index contributed by atoms with van der Waals surface area (Å²) in [5.41, 5.74) is 1.60. The van der Waals surface area contributed by atoms with Crippen molar-refractivity contribution in [1.82, 2.24) is 14.5 Å². The molecule has 1 amide bonds. The summed E-state index contributed by atoms with van der Waals surface area (Å²) < 4.78 is 7.64. The number of amides is 1. The van der Waals surface area contributed by atoms with Crippen molar-refractivity contribution < 1.29 is 19.4 Å². The Labute approximate surface area is 162 Å². The van der Waals surface area contributed by atoms with Crippen LogP contribution in [0.1, 0.15) is 18.7 Å². The number of hydrogen-bond donors (Lipinski definition) is 1. The number of fused-ring (bicyclic) bond motifs is 1. The fraction of sp³-hybridized carbons (Fsp3) is 0.286. The standard InChI is InChI=1S/C21H21N3O4/c25-20(23(13-21(26)27)15-10-11-15)12-24-18-9-5-4-8-17(18)22-19(24)14-28-16-6-2-1-3-7-16/h1-9,15H,10-14H2,(H,26,27). The predicted molar refractivity (Wildman–Crippen MR) is 103 cm³/mol. The normalized spacial score (nSPS) is 13.4. The minimum absolute atomic E-state index is 0.0300. The van der Waals surface area contributed by atoms with E-state index in [1.165, 1.54) is 4.90 Å². The summed E-state index contributed by atoms with van der Waals surface area (Å²) in [6, 6.07) is 17.0. The number of carbonyl (C=O) groups excluding carboxylic acids is 1. The van der Waals surface area contributed by atoms with E-state index >= 15 is 0 Å². The van der Waals surface area contributed by atoms with Crippen molar-refractivity contribution in [3.8, 4) is 5.75 Å². The van der Waals surface area contributed by atoms with Crippen LogP contribution in [0.2, 0.25) is 0 Å². The number of nitrogens with zero attached hydrogens (tertiary/aromatic N) is 3.